The van der Waals surface area contributed by atoms with Crippen LogP contribution in [0.2, 0.25) is 12.6 Å². The van der Waals surface area contributed by atoms with Crippen molar-refractivity contribution >= 4 is 8.56 Å². The summed E-state index contributed by atoms with van der Waals surface area (Å²) in [6.45, 7) is 7.33. The van der Waals surface area contributed by atoms with Gasteiger partial charge in [0, 0.05) is 19.3 Å². The highest BCUT2D eigenvalue weighted by molar-refractivity contribution is 6.66. The van der Waals surface area contributed by atoms with Crippen LogP contribution in [0.25, 0.3) is 0 Å². The van der Waals surface area contributed by atoms with Crippen LogP contribution in [-0.2, 0) is 15.3 Å². The zero-order valence-corrected chi connectivity index (χ0v) is 13.5. The Hall–Kier alpha value is -0.783. The molecule has 1 aromatic rings. The standard InChI is InChI=1S/C15H24F2O2Si/c1-4-18-20(3,19-5-2)11-7-6-8-13-9-10-14(16)12-15(13)17/h9-10,12H,4-8,11H2,1-3H3. The van der Waals surface area contributed by atoms with Crippen LogP contribution >= 0.6 is 0 Å². The second-order valence-electron chi connectivity index (χ2n) is 4.94. The molecule has 0 spiro atoms. The molecule has 0 saturated carbocycles. The average molecular weight is 302 g/mol. The third-order valence-electron chi connectivity index (χ3n) is 3.24. The molecular formula is C15H24F2O2Si. The number of benzene rings is 1. The molecule has 20 heavy (non-hydrogen) atoms. The van der Waals surface area contributed by atoms with Crippen molar-refractivity contribution in [3.8, 4) is 0 Å². The normalized spacial score (nSPS) is 11.8. The van der Waals surface area contributed by atoms with Crippen LogP contribution in [0, 0.1) is 11.6 Å². The summed E-state index contributed by atoms with van der Waals surface area (Å²) in [5, 5.41) is 0. The maximum Gasteiger partial charge on any atom is 0.334 e. The van der Waals surface area contributed by atoms with E-state index in [4.69, 9.17) is 8.85 Å². The van der Waals surface area contributed by atoms with E-state index in [-0.39, 0.29) is 0 Å². The molecule has 1 rings (SSSR count). The molecule has 0 radical (unpaired) electrons. The smallest absolute Gasteiger partial charge is 0.334 e. The summed E-state index contributed by atoms with van der Waals surface area (Å²) in [6.07, 6.45) is 2.40. The molecule has 0 fully saturated rings. The molecule has 0 unspecified atom stereocenters. The fourth-order valence-corrected chi connectivity index (χ4v) is 4.77. The van der Waals surface area contributed by atoms with Crippen molar-refractivity contribution in [2.24, 2.45) is 0 Å². The Balaban J connectivity index is 2.39. The topological polar surface area (TPSA) is 18.5 Å². The van der Waals surface area contributed by atoms with E-state index in [1.807, 2.05) is 13.8 Å². The first-order valence-corrected chi connectivity index (χ1v) is 9.75. The molecule has 1 aromatic carbocycles. The van der Waals surface area contributed by atoms with Crippen molar-refractivity contribution < 1.29 is 17.6 Å². The Morgan fingerprint density at radius 3 is 2.25 bits per heavy atom. The van der Waals surface area contributed by atoms with Crippen LogP contribution in [-0.4, -0.2) is 21.8 Å². The first-order valence-electron chi connectivity index (χ1n) is 7.22. The summed E-state index contributed by atoms with van der Waals surface area (Å²) in [6, 6.07) is 4.66. The van der Waals surface area contributed by atoms with Crippen LogP contribution in [0.3, 0.4) is 0 Å². The number of hydrogen-bond acceptors (Lipinski definition) is 2. The van der Waals surface area contributed by atoms with E-state index >= 15 is 0 Å². The summed E-state index contributed by atoms with van der Waals surface area (Å²) >= 11 is 0. The van der Waals surface area contributed by atoms with Gasteiger partial charge >= 0.3 is 8.56 Å². The average Bonchev–Trinajstić information content (AvgIpc) is 2.37. The predicted octanol–water partition coefficient (Wildman–Crippen LogP) is 4.43. The quantitative estimate of drug-likeness (QED) is 0.496. The zero-order chi connectivity index (χ0) is 15.0. The van der Waals surface area contributed by atoms with E-state index in [0.29, 0.717) is 25.2 Å². The molecule has 0 N–H and O–H groups in total. The van der Waals surface area contributed by atoms with Crippen molar-refractivity contribution in [2.75, 3.05) is 13.2 Å². The van der Waals surface area contributed by atoms with Crippen molar-refractivity contribution in [1.29, 1.82) is 0 Å². The van der Waals surface area contributed by atoms with Crippen LogP contribution in [0.15, 0.2) is 18.2 Å². The molecular weight excluding hydrogens is 278 g/mol. The molecule has 0 aliphatic carbocycles. The number of aryl methyl sites for hydroxylation is 1. The molecule has 0 amide bonds. The lowest BCUT2D eigenvalue weighted by atomic mass is 10.1. The van der Waals surface area contributed by atoms with Gasteiger partial charge in [-0.1, -0.05) is 12.5 Å². The highest BCUT2D eigenvalue weighted by atomic mass is 28.4. The van der Waals surface area contributed by atoms with Crippen molar-refractivity contribution in [3.05, 3.63) is 35.4 Å². The first-order chi connectivity index (χ1) is 9.50. The number of unbranched alkanes of at least 4 members (excludes halogenated alkanes) is 1. The van der Waals surface area contributed by atoms with Gasteiger partial charge in [0.15, 0.2) is 0 Å². The van der Waals surface area contributed by atoms with Crippen molar-refractivity contribution in [1.82, 2.24) is 0 Å². The van der Waals surface area contributed by atoms with E-state index in [1.165, 1.54) is 12.1 Å². The monoisotopic (exact) mass is 302 g/mol. The molecule has 5 heteroatoms. The van der Waals surface area contributed by atoms with Gasteiger partial charge in [0.2, 0.25) is 0 Å². The van der Waals surface area contributed by atoms with E-state index in [9.17, 15) is 8.78 Å². The van der Waals surface area contributed by atoms with Gasteiger partial charge in [-0.25, -0.2) is 8.78 Å². The molecule has 0 saturated heterocycles. The van der Waals surface area contributed by atoms with E-state index in [2.05, 4.69) is 6.55 Å². The molecule has 114 valence electrons. The van der Waals surface area contributed by atoms with E-state index in [0.717, 1.165) is 25.0 Å². The molecule has 0 atom stereocenters. The lowest BCUT2D eigenvalue weighted by Crippen LogP contribution is -2.38. The zero-order valence-electron chi connectivity index (χ0n) is 12.5. The van der Waals surface area contributed by atoms with Crippen LogP contribution in [0.5, 0.6) is 0 Å². The first kappa shape index (κ1) is 17.3. The minimum Gasteiger partial charge on any atom is -0.395 e. The van der Waals surface area contributed by atoms with Gasteiger partial charge in [-0.3, -0.25) is 0 Å². The summed E-state index contributed by atoms with van der Waals surface area (Å²) in [5.41, 5.74) is 0.572. The minimum atomic E-state index is -2.06. The summed E-state index contributed by atoms with van der Waals surface area (Å²) in [7, 11) is -2.06. The molecule has 0 aliphatic rings. The van der Waals surface area contributed by atoms with Crippen molar-refractivity contribution in [2.45, 2.75) is 45.7 Å². The largest absolute Gasteiger partial charge is 0.395 e. The van der Waals surface area contributed by atoms with E-state index in [1.54, 1.807) is 0 Å². The molecule has 0 heterocycles. The van der Waals surface area contributed by atoms with Crippen molar-refractivity contribution in [3.63, 3.8) is 0 Å². The van der Waals surface area contributed by atoms with Gasteiger partial charge in [0.05, 0.1) is 0 Å². The second-order valence-corrected chi connectivity index (χ2v) is 8.29. The van der Waals surface area contributed by atoms with Gasteiger partial charge < -0.3 is 8.85 Å². The third-order valence-corrected chi connectivity index (χ3v) is 6.30. The number of halogens is 2. The lowest BCUT2D eigenvalue weighted by molar-refractivity contribution is 0.188. The van der Waals surface area contributed by atoms with Gasteiger partial charge in [0.1, 0.15) is 11.6 Å². The SMILES string of the molecule is CCO[Si](C)(CCCCc1ccc(F)cc1F)OCC. The Morgan fingerprint density at radius 2 is 1.70 bits per heavy atom. The fourth-order valence-electron chi connectivity index (χ4n) is 2.28. The number of hydrogen-bond donors (Lipinski definition) is 0. The Labute approximate surface area is 121 Å². The molecule has 2 nitrogen and oxygen atoms in total. The van der Waals surface area contributed by atoms with E-state index < -0.39 is 20.2 Å². The Bertz CT molecular complexity index is 407. The molecule has 0 aliphatic heterocycles. The fraction of sp³-hybridized carbons (Fsp3) is 0.600. The molecule has 0 bridgehead atoms. The van der Waals surface area contributed by atoms with Gasteiger partial charge in [-0.15, -0.1) is 0 Å². The van der Waals surface area contributed by atoms with Gasteiger partial charge in [0.25, 0.3) is 0 Å². The third kappa shape index (κ3) is 5.69. The van der Waals surface area contributed by atoms with Crippen LogP contribution in [0.4, 0.5) is 8.78 Å². The summed E-state index contributed by atoms with van der Waals surface area (Å²) in [5.74, 6) is -0.987. The highest BCUT2D eigenvalue weighted by Gasteiger charge is 2.29. The predicted molar refractivity (Wildman–Crippen MR) is 79.0 cm³/mol. The van der Waals surface area contributed by atoms with Crippen LogP contribution in [0.1, 0.15) is 32.3 Å². The summed E-state index contributed by atoms with van der Waals surface area (Å²) in [4.78, 5) is 0. The second kappa shape index (κ2) is 8.49. The minimum absolute atomic E-state index is 0.459. The van der Waals surface area contributed by atoms with Gasteiger partial charge in [-0.2, -0.15) is 0 Å². The Morgan fingerprint density at radius 1 is 1.05 bits per heavy atom. The van der Waals surface area contributed by atoms with Crippen LogP contribution < -0.4 is 0 Å². The van der Waals surface area contributed by atoms with Gasteiger partial charge in [-0.05, 0) is 50.9 Å². The maximum absolute atomic E-state index is 13.5. The lowest BCUT2D eigenvalue weighted by Gasteiger charge is -2.25. The number of rotatable bonds is 9. The molecule has 0 aromatic heterocycles. The maximum atomic E-state index is 13.5. The highest BCUT2D eigenvalue weighted by Crippen LogP contribution is 2.19. The Kier molecular flexibility index (Phi) is 7.33. The summed E-state index contributed by atoms with van der Waals surface area (Å²) < 4.78 is 37.8.